The second-order valence-electron chi connectivity index (χ2n) is 2.93. The molecule has 4 heteroatoms. The van der Waals surface area contributed by atoms with Gasteiger partial charge in [-0.05, 0) is 25.8 Å². The molecule has 1 aromatic rings. The Morgan fingerprint density at radius 1 is 1.38 bits per heavy atom. The van der Waals surface area contributed by atoms with Crippen molar-refractivity contribution in [2.24, 2.45) is 0 Å². The van der Waals surface area contributed by atoms with E-state index < -0.39 is 0 Å². The molecule has 3 nitrogen and oxygen atoms in total. The highest BCUT2D eigenvalue weighted by molar-refractivity contribution is 6.29. The number of hydrogen-bond acceptors (Lipinski definition) is 3. The van der Waals surface area contributed by atoms with Crippen LogP contribution in [0, 0.1) is 6.92 Å². The molecule has 0 aromatic carbocycles. The molecule has 0 amide bonds. The number of rotatable bonds is 4. The van der Waals surface area contributed by atoms with E-state index in [9.17, 15) is 0 Å². The van der Waals surface area contributed by atoms with Crippen LogP contribution < -0.4 is 0 Å². The number of nitrogens with zero attached hydrogens (tertiary/aromatic N) is 2. The van der Waals surface area contributed by atoms with E-state index in [0.717, 1.165) is 30.8 Å². The van der Waals surface area contributed by atoms with Crippen LogP contribution >= 0.6 is 11.6 Å². The largest absolute Gasteiger partial charge is 0.396 e. The van der Waals surface area contributed by atoms with Crippen LogP contribution in [0.3, 0.4) is 0 Å². The molecule has 1 rings (SSSR count). The van der Waals surface area contributed by atoms with Crippen molar-refractivity contribution in [3.63, 3.8) is 0 Å². The van der Waals surface area contributed by atoms with Crippen molar-refractivity contribution in [2.45, 2.75) is 26.2 Å². The van der Waals surface area contributed by atoms with Crippen LogP contribution in [0.1, 0.15) is 24.4 Å². The smallest absolute Gasteiger partial charge is 0.133 e. The van der Waals surface area contributed by atoms with Gasteiger partial charge in [-0.25, -0.2) is 9.97 Å². The van der Waals surface area contributed by atoms with Crippen molar-refractivity contribution in [2.75, 3.05) is 6.61 Å². The van der Waals surface area contributed by atoms with Gasteiger partial charge in [0.25, 0.3) is 0 Å². The molecular formula is C9H13ClN2O. The molecule has 0 aliphatic carbocycles. The first-order chi connectivity index (χ1) is 6.22. The lowest BCUT2D eigenvalue weighted by Crippen LogP contribution is -1.98. The summed E-state index contributed by atoms with van der Waals surface area (Å²) in [6.07, 6.45) is 2.47. The molecule has 0 bridgehead atoms. The number of aromatic nitrogens is 2. The summed E-state index contributed by atoms with van der Waals surface area (Å²) < 4.78 is 0. The van der Waals surface area contributed by atoms with Crippen LogP contribution in [0.15, 0.2) is 6.07 Å². The minimum absolute atomic E-state index is 0.222. The van der Waals surface area contributed by atoms with E-state index in [0.29, 0.717) is 5.15 Å². The first-order valence-corrected chi connectivity index (χ1v) is 4.71. The van der Waals surface area contributed by atoms with Crippen LogP contribution in [-0.2, 0) is 6.42 Å². The lowest BCUT2D eigenvalue weighted by Gasteiger charge is -2.00. The van der Waals surface area contributed by atoms with E-state index in [1.54, 1.807) is 6.07 Å². The molecule has 0 atom stereocenters. The van der Waals surface area contributed by atoms with Crippen molar-refractivity contribution in [3.8, 4) is 0 Å². The highest BCUT2D eigenvalue weighted by Gasteiger charge is 1.99. The maximum absolute atomic E-state index is 8.59. The minimum Gasteiger partial charge on any atom is -0.396 e. The molecule has 0 radical (unpaired) electrons. The van der Waals surface area contributed by atoms with Crippen LogP contribution in [-0.4, -0.2) is 21.7 Å². The van der Waals surface area contributed by atoms with Gasteiger partial charge in [-0.2, -0.15) is 0 Å². The summed E-state index contributed by atoms with van der Waals surface area (Å²) in [5.41, 5.74) is 0.888. The monoisotopic (exact) mass is 200 g/mol. The molecule has 0 aliphatic rings. The quantitative estimate of drug-likeness (QED) is 0.595. The number of hydrogen-bond donors (Lipinski definition) is 1. The van der Waals surface area contributed by atoms with Crippen LogP contribution in [0.25, 0.3) is 0 Å². The molecule has 0 unspecified atom stereocenters. The number of unbranched alkanes of at least 4 members (excludes halogenated alkanes) is 1. The van der Waals surface area contributed by atoms with Gasteiger partial charge in [0.1, 0.15) is 11.0 Å². The van der Waals surface area contributed by atoms with Crippen molar-refractivity contribution in [1.82, 2.24) is 9.97 Å². The van der Waals surface area contributed by atoms with Gasteiger partial charge in [-0.3, -0.25) is 0 Å². The maximum Gasteiger partial charge on any atom is 0.133 e. The fourth-order valence-corrected chi connectivity index (χ4v) is 1.35. The molecule has 0 aliphatic heterocycles. The van der Waals surface area contributed by atoms with Gasteiger partial charge in [-0.15, -0.1) is 0 Å². The standard InChI is InChI=1S/C9H13ClN2O/c1-7-6-8(10)12-9(11-7)4-2-3-5-13/h6,13H,2-5H2,1H3. The van der Waals surface area contributed by atoms with Gasteiger partial charge in [0.05, 0.1) is 0 Å². The first kappa shape index (κ1) is 10.4. The minimum atomic E-state index is 0.222. The van der Waals surface area contributed by atoms with Crippen molar-refractivity contribution in [3.05, 3.63) is 22.7 Å². The average Bonchev–Trinajstić information content (AvgIpc) is 2.03. The highest BCUT2D eigenvalue weighted by atomic mass is 35.5. The summed E-state index contributed by atoms with van der Waals surface area (Å²) in [6, 6.07) is 1.73. The van der Waals surface area contributed by atoms with Crippen molar-refractivity contribution < 1.29 is 5.11 Å². The third kappa shape index (κ3) is 3.70. The van der Waals surface area contributed by atoms with E-state index in [2.05, 4.69) is 9.97 Å². The third-order valence-electron chi connectivity index (χ3n) is 1.68. The van der Waals surface area contributed by atoms with E-state index >= 15 is 0 Å². The van der Waals surface area contributed by atoms with E-state index in [-0.39, 0.29) is 6.61 Å². The fraction of sp³-hybridized carbons (Fsp3) is 0.556. The molecule has 1 aromatic heterocycles. The van der Waals surface area contributed by atoms with Gasteiger partial charge in [0.2, 0.25) is 0 Å². The molecule has 13 heavy (non-hydrogen) atoms. The molecule has 0 saturated heterocycles. The van der Waals surface area contributed by atoms with E-state index in [1.165, 1.54) is 0 Å². The predicted molar refractivity (Wildman–Crippen MR) is 51.8 cm³/mol. The average molecular weight is 201 g/mol. The zero-order valence-corrected chi connectivity index (χ0v) is 8.38. The van der Waals surface area contributed by atoms with Gasteiger partial charge in [0.15, 0.2) is 0 Å². The molecule has 0 saturated carbocycles. The Hall–Kier alpha value is -0.670. The van der Waals surface area contributed by atoms with Crippen LogP contribution in [0.4, 0.5) is 0 Å². The topological polar surface area (TPSA) is 46.0 Å². The first-order valence-electron chi connectivity index (χ1n) is 4.33. The Labute approximate surface area is 82.8 Å². The second kappa shape index (κ2) is 5.14. The summed E-state index contributed by atoms with van der Waals surface area (Å²) in [5, 5.41) is 9.08. The zero-order valence-electron chi connectivity index (χ0n) is 7.63. The molecule has 1 N–H and O–H groups in total. The Morgan fingerprint density at radius 2 is 2.15 bits per heavy atom. The van der Waals surface area contributed by atoms with Gasteiger partial charge < -0.3 is 5.11 Å². The Bertz CT molecular complexity index is 258. The third-order valence-corrected chi connectivity index (χ3v) is 1.87. The van der Waals surface area contributed by atoms with E-state index in [1.807, 2.05) is 6.92 Å². The molecular weight excluding hydrogens is 188 g/mol. The second-order valence-corrected chi connectivity index (χ2v) is 3.32. The summed E-state index contributed by atoms with van der Waals surface area (Å²) in [7, 11) is 0. The summed E-state index contributed by atoms with van der Waals surface area (Å²) in [6.45, 7) is 2.11. The van der Waals surface area contributed by atoms with E-state index in [4.69, 9.17) is 16.7 Å². The fourth-order valence-electron chi connectivity index (χ4n) is 1.10. The molecule has 72 valence electrons. The highest BCUT2D eigenvalue weighted by Crippen LogP contribution is 2.08. The van der Waals surface area contributed by atoms with Crippen molar-refractivity contribution >= 4 is 11.6 Å². The number of halogens is 1. The Morgan fingerprint density at radius 3 is 2.77 bits per heavy atom. The lowest BCUT2D eigenvalue weighted by atomic mass is 10.2. The molecule has 0 fully saturated rings. The van der Waals surface area contributed by atoms with Crippen molar-refractivity contribution in [1.29, 1.82) is 0 Å². The van der Waals surface area contributed by atoms with Gasteiger partial charge in [-0.1, -0.05) is 11.6 Å². The Kier molecular flexibility index (Phi) is 4.12. The predicted octanol–water partition coefficient (Wildman–Crippen LogP) is 1.75. The lowest BCUT2D eigenvalue weighted by molar-refractivity contribution is 0.284. The van der Waals surface area contributed by atoms with Crippen LogP contribution in [0.2, 0.25) is 5.15 Å². The maximum atomic E-state index is 8.59. The summed E-state index contributed by atoms with van der Waals surface area (Å²) >= 11 is 5.76. The normalized spacial score (nSPS) is 10.4. The van der Waals surface area contributed by atoms with Gasteiger partial charge >= 0.3 is 0 Å². The van der Waals surface area contributed by atoms with Gasteiger partial charge in [0, 0.05) is 18.7 Å². The number of aliphatic hydroxyl groups is 1. The molecule has 1 heterocycles. The summed E-state index contributed by atoms with van der Waals surface area (Å²) in [5.74, 6) is 0.762. The SMILES string of the molecule is Cc1cc(Cl)nc(CCCCO)n1. The Balaban J connectivity index is 2.56. The van der Waals surface area contributed by atoms with Crippen LogP contribution in [0.5, 0.6) is 0 Å². The molecule has 0 spiro atoms. The zero-order chi connectivity index (χ0) is 9.68. The number of aliphatic hydroxyl groups excluding tert-OH is 1. The summed E-state index contributed by atoms with van der Waals surface area (Å²) in [4.78, 5) is 8.31. The number of aryl methyl sites for hydroxylation is 2.